The molecule has 0 aliphatic carbocycles. The highest BCUT2D eigenvalue weighted by molar-refractivity contribution is 7.80. The summed E-state index contributed by atoms with van der Waals surface area (Å²) in [5.41, 5.74) is 5.69. The van der Waals surface area contributed by atoms with Crippen molar-refractivity contribution in [2.45, 2.75) is 0 Å². The van der Waals surface area contributed by atoms with Crippen molar-refractivity contribution in [3.05, 3.63) is 29.3 Å². The van der Waals surface area contributed by atoms with E-state index >= 15 is 0 Å². The molecular weight excluding hydrogens is 222 g/mol. The van der Waals surface area contributed by atoms with Crippen LogP contribution in [0.4, 0.5) is 10.5 Å². The van der Waals surface area contributed by atoms with Crippen LogP contribution in [0.3, 0.4) is 0 Å². The number of urea groups is 1. The van der Waals surface area contributed by atoms with Crippen molar-refractivity contribution < 1.29 is 4.79 Å². The number of nitrogens with two attached hydrogens (primary N) is 1. The number of carbonyl (C=O) groups is 1. The van der Waals surface area contributed by atoms with Crippen molar-refractivity contribution in [3.8, 4) is 0 Å². The van der Waals surface area contributed by atoms with Crippen molar-refractivity contribution >= 4 is 40.6 Å². The number of halogens is 1. The lowest BCUT2D eigenvalue weighted by atomic mass is 10.3. The van der Waals surface area contributed by atoms with Crippen LogP contribution >= 0.6 is 23.8 Å². The molecule has 0 unspecified atom stereocenters. The van der Waals surface area contributed by atoms with E-state index in [0.29, 0.717) is 10.7 Å². The summed E-state index contributed by atoms with van der Waals surface area (Å²) < 4.78 is 0. The first-order valence-electron chi connectivity index (χ1n) is 3.71. The summed E-state index contributed by atoms with van der Waals surface area (Å²) in [4.78, 5) is 11.1. The molecule has 1 aromatic rings. The zero-order valence-electron chi connectivity index (χ0n) is 7.08. The van der Waals surface area contributed by atoms with Crippen LogP contribution < -0.4 is 16.4 Å². The van der Waals surface area contributed by atoms with Crippen LogP contribution in [-0.2, 0) is 0 Å². The Labute approximate surface area is 91.4 Å². The number of nitrogens with one attached hydrogen (secondary N) is 2. The first-order chi connectivity index (χ1) is 6.58. The number of rotatable bonds is 1. The number of hydrogen-bond acceptors (Lipinski definition) is 2. The smallest absolute Gasteiger partial charge is 0.325 e. The van der Waals surface area contributed by atoms with Crippen LogP contribution in [0.25, 0.3) is 0 Å². The van der Waals surface area contributed by atoms with Gasteiger partial charge in [0.05, 0.1) is 0 Å². The largest absolute Gasteiger partial charge is 0.376 e. The molecule has 4 nitrogen and oxygen atoms in total. The second-order valence-corrected chi connectivity index (χ2v) is 3.33. The van der Waals surface area contributed by atoms with E-state index < -0.39 is 6.03 Å². The Morgan fingerprint density at radius 2 is 2.21 bits per heavy atom. The molecule has 1 rings (SSSR count). The summed E-state index contributed by atoms with van der Waals surface area (Å²) in [5, 5.41) is 5.20. The average Bonchev–Trinajstić information content (AvgIpc) is 2.01. The molecule has 0 saturated heterocycles. The topological polar surface area (TPSA) is 67.1 Å². The quantitative estimate of drug-likeness (QED) is 0.643. The molecule has 6 heteroatoms. The second-order valence-electron chi connectivity index (χ2n) is 2.45. The Morgan fingerprint density at radius 1 is 1.50 bits per heavy atom. The van der Waals surface area contributed by atoms with Gasteiger partial charge in [-0.3, -0.25) is 5.32 Å². The third-order valence-electron chi connectivity index (χ3n) is 1.32. The zero-order valence-corrected chi connectivity index (χ0v) is 8.65. The molecule has 0 atom stereocenters. The second kappa shape index (κ2) is 4.78. The van der Waals surface area contributed by atoms with Crippen molar-refractivity contribution in [3.63, 3.8) is 0 Å². The van der Waals surface area contributed by atoms with Crippen molar-refractivity contribution in [2.24, 2.45) is 5.73 Å². The van der Waals surface area contributed by atoms with Gasteiger partial charge in [-0.25, -0.2) is 4.79 Å². The Bertz CT molecular complexity index is 369. The lowest BCUT2D eigenvalue weighted by Gasteiger charge is -2.05. The van der Waals surface area contributed by atoms with Gasteiger partial charge < -0.3 is 11.1 Å². The number of amides is 2. The molecule has 0 aliphatic rings. The van der Waals surface area contributed by atoms with E-state index in [0.717, 1.165) is 0 Å². The molecule has 14 heavy (non-hydrogen) atoms. The maximum Gasteiger partial charge on any atom is 0.325 e. The molecule has 4 N–H and O–H groups in total. The Morgan fingerprint density at radius 3 is 2.79 bits per heavy atom. The zero-order chi connectivity index (χ0) is 10.6. The van der Waals surface area contributed by atoms with Crippen LogP contribution in [0.15, 0.2) is 24.3 Å². The molecule has 0 radical (unpaired) electrons. The molecule has 0 bridgehead atoms. The number of thiocarbonyl (C=S) groups is 1. The average molecular weight is 230 g/mol. The van der Waals surface area contributed by atoms with E-state index in [1.54, 1.807) is 24.3 Å². The highest BCUT2D eigenvalue weighted by Crippen LogP contribution is 2.14. The molecule has 0 spiro atoms. The van der Waals surface area contributed by atoms with Crippen LogP contribution in [0.1, 0.15) is 0 Å². The predicted octanol–water partition coefficient (Wildman–Crippen LogP) is 1.71. The summed E-state index contributed by atoms with van der Waals surface area (Å²) in [6, 6.07) is 6.25. The van der Waals surface area contributed by atoms with Gasteiger partial charge >= 0.3 is 6.03 Å². The van der Waals surface area contributed by atoms with Gasteiger partial charge in [0.1, 0.15) is 0 Å². The molecule has 0 fully saturated rings. The summed E-state index contributed by atoms with van der Waals surface area (Å²) in [6.45, 7) is 0. The van der Waals surface area contributed by atoms with Crippen molar-refractivity contribution in [2.75, 3.05) is 5.32 Å². The minimum atomic E-state index is -0.486. The standard InChI is InChI=1S/C8H8ClN3OS/c9-5-2-1-3-6(4-5)11-8(13)12-7(10)14/h1-4H,(H4,10,11,12,13,14). The maximum absolute atomic E-state index is 11.1. The third-order valence-corrected chi connectivity index (χ3v) is 1.66. The van der Waals surface area contributed by atoms with Crippen molar-refractivity contribution in [1.82, 2.24) is 5.32 Å². The number of hydrogen-bond donors (Lipinski definition) is 3. The van der Waals surface area contributed by atoms with Crippen LogP contribution in [0.2, 0.25) is 5.02 Å². The van der Waals surface area contributed by atoms with Gasteiger partial charge in [0.25, 0.3) is 0 Å². The minimum absolute atomic E-state index is 0.0791. The van der Waals surface area contributed by atoms with E-state index in [1.807, 2.05) is 0 Å². The fraction of sp³-hybridized carbons (Fsp3) is 0. The van der Waals surface area contributed by atoms with Crippen LogP contribution in [0.5, 0.6) is 0 Å². The molecule has 0 heterocycles. The highest BCUT2D eigenvalue weighted by atomic mass is 35.5. The van der Waals surface area contributed by atoms with E-state index in [4.69, 9.17) is 17.3 Å². The molecular formula is C8H8ClN3OS. The lowest BCUT2D eigenvalue weighted by molar-refractivity contribution is 0.256. The van der Waals surface area contributed by atoms with Gasteiger partial charge in [-0.1, -0.05) is 17.7 Å². The van der Waals surface area contributed by atoms with Gasteiger partial charge in [0.15, 0.2) is 5.11 Å². The Balaban J connectivity index is 2.60. The third kappa shape index (κ3) is 3.59. The van der Waals surface area contributed by atoms with Gasteiger partial charge in [-0.15, -0.1) is 0 Å². The summed E-state index contributed by atoms with van der Waals surface area (Å²) in [7, 11) is 0. The van der Waals surface area contributed by atoms with Crippen LogP contribution in [-0.4, -0.2) is 11.1 Å². The van der Waals surface area contributed by atoms with Gasteiger partial charge in [0, 0.05) is 10.7 Å². The fourth-order valence-corrected chi connectivity index (χ4v) is 1.12. The van der Waals surface area contributed by atoms with Crippen LogP contribution in [0, 0.1) is 0 Å². The number of carbonyl (C=O) groups excluding carboxylic acids is 1. The Hall–Kier alpha value is -1.33. The molecule has 2 amide bonds. The summed E-state index contributed by atoms with van der Waals surface area (Å²) in [5.74, 6) is 0. The molecule has 0 aromatic heterocycles. The van der Waals surface area contributed by atoms with Gasteiger partial charge in [-0.2, -0.15) is 0 Å². The number of anilines is 1. The Kier molecular flexibility index (Phi) is 3.67. The lowest BCUT2D eigenvalue weighted by Crippen LogP contribution is -2.37. The monoisotopic (exact) mass is 229 g/mol. The fourth-order valence-electron chi connectivity index (χ4n) is 0.840. The summed E-state index contributed by atoms with van der Waals surface area (Å²) in [6.07, 6.45) is 0. The van der Waals surface area contributed by atoms with Gasteiger partial charge in [0.2, 0.25) is 0 Å². The maximum atomic E-state index is 11.1. The first kappa shape index (κ1) is 10.7. The van der Waals surface area contributed by atoms with E-state index in [1.165, 1.54) is 0 Å². The minimum Gasteiger partial charge on any atom is -0.376 e. The first-order valence-corrected chi connectivity index (χ1v) is 4.49. The number of benzene rings is 1. The predicted molar refractivity (Wildman–Crippen MR) is 60.4 cm³/mol. The molecule has 1 aromatic carbocycles. The van der Waals surface area contributed by atoms with E-state index in [9.17, 15) is 4.79 Å². The van der Waals surface area contributed by atoms with E-state index in [2.05, 4.69) is 22.9 Å². The SMILES string of the molecule is NC(=S)NC(=O)Nc1cccc(Cl)c1. The van der Waals surface area contributed by atoms with E-state index in [-0.39, 0.29) is 5.11 Å². The van der Waals surface area contributed by atoms with Gasteiger partial charge in [-0.05, 0) is 30.4 Å². The summed E-state index contributed by atoms with van der Waals surface area (Å²) >= 11 is 10.2. The van der Waals surface area contributed by atoms with Crippen molar-refractivity contribution in [1.29, 1.82) is 0 Å². The molecule has 0 saturated carbocycles. The highest BCUT2D eigenvalue weighted by Gasteiger charge is 2.01. The normalized spacial score (nSPS) is 9.21. The molecule has 0 aliphatic heterocycles. The molecule has 74 valence electrons.